The van der Waals surface area contributed by atoms with E-state index in [1.165, 1.54) is 37.4 Å². The first-order valence-electron chi connectivity index (χ1n) is 6.35. The number of carbonyl (C=O) groups excluding carboxylic acids is 4. The van der Waals surface area contributed by atoms with E-state index >= 15 is 0 Å². The quantitative estimate of drug-likeness (QED) is 0.555. The summed E-state index contributed by atoms with van der Waals surface area (Å²) in [6.45, 7) is -0.448. The van der Waals surface area contributed by atoms with Crippen LogP contribution in [-0.2, 0) is 30.4 Å². The Morgan fingerprint density at radius 2 is 1.87 bits per heavy atom. The second-order valence-electron chi connectivity index (χ2n) is 4.39. The van der Waals surface area contributed by atoms with Crippen molar-refractivity contribution in [3.8, 4) is 0 Å². The number of imidazole rings is 1. The molecule has 23 heavy (non-hydrogen) atoms. The molecule has 0 saturated carbocycles. The second kappa shape index (κ2) is 7.09. The fourth-order valence-corrected chi connectivity index (χ4v) is 2.54. The van der Waals surface area contributed by atoms with Gasteiger partial charge in [-0.05, 0) is 17.8 Å². The minimum absolute atomic E-state index is 0.0127. The normalized spacial score (nSPS) is 16.1. The molecule has 10 heteroatoms. The molecule has 0 aliphatic carbocycles. The molecular weight excluding hydrogens is 326 g/mol. The molecule has 9 nitrogen and oxygen atoms in total. The predicted octanol–water partition coefficient (Wildman–Crippen LogP) is 0.265. The monoisotopic (exact) mass is 339 g/mol. The van der Waals surface area contributed by atoms with Crippen LogP contribution in [0.2, 0.25) is 0 Å². The van der Waals surface area contributed by atoms with Crippen LogP contribution in [0.5, 0.6) is 0 Å². The summed E-state index contributed by atoms with van der Waals surface area (Å²) in [5.74, 6) is -1.71. The number of hydrogen-bond acceptors (Lipinski definition) is 8. The van der Waals surface area contributed by atoms with Crippen molar-refractivity contribution in [2.45, 2.75) is 6.54 Å². The van der Waals surface area contributed by atoms with Gasteiger partial charge in [0.05, 0.1) is 31.1 Å². The van der Waals surface area contributed by atoms with Gasteiger partial charge in [0, 0.05) is 6.20 Å². The predicted molar refractivity (Wildman–Crippen MR) is 78.9 cm³/mol. The molecular formula is C13H13N3O6S. The number of nitrogens with zero attached hydrogens (tertiary/aromatic N) is 3. The van der Waals surface area contributed by atoms with Gasteiger partial charge < -0.3 is 14.0 Å². The lowest BCUT2D eigenvalue weighted by Crippen LogP contribution is -2.34. The zero-order valence-corrected chi connectivity index (χ0v) is 13.2. The van der Waals surface area contributed by atoms with Gasteiger partial charge in [-0.1, -0.05) is 0 Å². The maximum Gasteiger partial charge on any atom is 0.325 e. The third-order valence-corrected chi connectivity index (χ3v) is 3.77. The van der Waals surface area contributed by atoms with Crippen molar-refractivity contribution >= 4 is 40.9 Å². The van der Waals surface area contributed by atoms with Gasteiger partial charge >= 0.3 is 11.9 Å². The minimum Gasteiger partial charge on any atom is -0.468 e. The van der Waals surface area contributed by atoms with Crippen molar-refractivity contribution in [2.75, 3.05) is 20.8 Å². The van der Waals surface area contributed by atoms with Crippen LogP contribution in [0, 0.1) is 0 Å². The average Bonchev–Trinajstić information content (AvgIpc) is 3.07. The van der Waals surface area contributed by atoms with Gasteiger partial charge in [-0.15, -0.1) is 0 Å². The van der Waals surface area contributed by atoms with E-state index in [1.54, 1.807) is 0 Å². The first kappa shape index (κ1) is 16.7. The zero-order chi connectivity index (χ0) is 17.0. The maximum atomic E-state index is 12.1. The molecule has 1 aromatic rings. The highest BCUT2D eigenvalue weighted by atomic mass is 32.2. The molecule has 0 N–H and O–H groups in total. The fraction of sp³-hybridized carbons (Fsp3) is 0.308. The van der Waals surface area contributed by atoms with Gasteiger partial charge in [0.25, 0.3) is 11.1 Å². The molecule has 1 aliphatic heterocycles. The van der Waals surface area contributed by atoms with Crippen LogP contribution in [0.1, 0.15) is 5.69 Å². The molecule has 1 aliphatic rings. The third kappa shape index (κ3) is 3.97. The Morgan fingerprint density at radius 1 is 1.22 bits per heavy atom. The Morgan fingerprint density at radius 3 is 2.52 bits per heavy atom. The SMILES string of the molecule is COC(=O)CN1C(=O)SC(=Cc2cn(CC(=O)OC)cn2)C1=O. The summed E-state index contributed by atoms with van der Waals surface area (Å²) in [7, 11) is 2.45. The van der Waals surface area contributed by atoms with E-state index in [0.717, 1.165) is 4.90 Å². The van der Waals surface area contributed by atoms with Crippen molar-refractivity contribution in [2.24, 2.45) is 0 Å². The highest BCUT2D eigenvalue weighted by Crippen LogP contribution is 2.31. The van der Waals surface area contributed by atoms with E-state index in [2.05, 4.69) is 14.5 Å². The molecule has 0 aromatic carbocycles. The van der Waals surface area contributed by atoms with E-state index in [1.807, 2.05) is 0 Å². The van der Waals surface area contributed by atoms with Crippen molar-refractivity contribution in [1.29, 1.82) is 0 Å². The molecule has 0 spiro atoms. The Labute approximate surface area is 135 Å². The lowest BCUT2D eigenvalue weighted by atomic mass is 10.3. The highest BCUT2D eigenvalue weighted by Gasteiger charge is 2.36. The first-order valence-corrected chi connectivity index (χ1v) is 7.17. The van der Waals surface area contributed by atoms with Crippen LogP contribution in [0.4, 0.5) is 4.79 Å². The lowest BCUT2D eigenvalue weighted by molar-refractivity contribution is -0.143. The lowest BCUT2D eigenvalue weighted by Gasteiger charge is -2.09. The summed E-state index contributed by atoms with van der Waals surface area (Å²) < 4.78 is 10.5. The number of rotatable bonds is 5. The molecule has 2 rings (SSSR count). The van der Waals surface area contributed by atoms with E-state index in [-0.39, 0.29) is 11.4 Å². The van der Waals surface area contributed by atoms with Crippen LogP contribution in [0.25, 0.3) is 6.08 Å². The summed E-state index contributed by atoms with van der Waals surface area (Å²) in [6.07, 6.45) is 4.35. The van der Waals surface area contributed by atoms with E-state index in [4.69, 9.17) is 0 Å². The van der Waals surface area contributed by atoms with Crippen LogP contribution in [-0.4, -0.2) is 58.3 Å². The van der Waals surface area contributed by atoms with Gasteiger partial charge in [-0.3, -0.25) is 24.1 Å². The van der Waals surface area contributed by atoms with Gasteiger partial charge in [0.15, 0.2) is 0 Å². The number of ether oxygens (including phenoxy) is 2. The van der Waals surface area contributed by atoms with Gasteiger partial charge in [0.1, 0.15) is 13.1 Å². The number of imide groups is 1. The Bertz CT molecular complexity index is 696. The summed E-state index contributed by atoms with van der Waals surface area (Å²) in [4.78, 5) is 51.2. The van der Waals surface area contributed by atoms with Crippen LogP contribution in [0.15, 0.2) is 17.4 Å². The fourth-order valence-electron chi connectivity index (χ4n) is 1.72. The molecule has 0 unspecified atom stereocenters. The van der Waals surface area contributed by atoms with Gasteiger partial charge in [-0.2, -0.15) is 0 Å². The number of methoxy groups -OCH3 is 2. The molecule has 2 amide bonds. The standard InChI is InChI=1S/C13H13N3O6S/c1-21-10(17)5-15-4-8(14-7-15)3-9-12(19)16(13(20)23-9)6-11(18)22-2/h3-4,7H,5-6H2,1-2H3. The van der Waals surface area contributed by atoms with E-state index in [0.29, 0.717) is 17.5 Å². The number of aromatic nitrogens is 2. The second-order valence-corrected chi connectivity index (χ2v) is 5.38. The summed E-state index contributed by atoms with van der Waals surface area (Å²) >= 11 is 0.707. The largest absolute Gasteiger partial charge is 0.468 e. The summed E-state index contributed by atoms with van der Waals surface area (Å²) in [5, 5.41) is -0.555. The molecule has 0 radical (unpaired) electrons. The molecule has 1 fully saturated rings. The molecule has 1 aromatic heterocycles. The van der Waals surface area contributed by atoms with Gasteiger partial charge in [-0.25, -0.2) is 4.98 Å². The number of hydrogen-bond donors (Lipinski definition) is 0. The Kier molecular flexibility index (Phi) is 5.16. The molecule has 0 bridgehead atoms. The number of amides is 2. The molecule has 1 saturated heterocycles. The average molecular weight is 339 g/mol. The molecule has 122 valence electrons. The number of carbonyl (C=O) groups is 4. The zero-order valence-electron chi connectivity index (χ0n) is 12.3. The van der Waals surface area contributed by atoms with Crippen molar-refractivity contribution in [3.05, 3.63) is 23.1 Å². The molecule has 0 atom stereocenters. The minimum atomic E-state index is -0.684. The summed E-state index contributed by atoms with van der Waals surface area (Å²) in [5.41, 5.74) is 0.400. The summed E-state index contributed by atoms with van der Waals surface area (Å²) in [6, 6.07) is 0. The molecule has 2 heterocycles. The number of esters is 2. The van der Waals surface area contributed by atoms with E-state index < -0.39 is 29.6 Å². The van der Waals surface area contributed by atoms with Crippen LogP contribution in [0.3, 0.4) is 0 Å². The smallest absolute Gasteiger partial charge is 0.325 e. The van der Waals surface area contributed by atoms with Crippen molar-refractivity contribution < 1.29 is 28.7 Å². The highest BCUT2D eigenvalue weighted by molar-refractivity contribution is 8.18. The maximum absolute atomic E-state index is 12.1. The van der Waals surface area contributed by atoms with Crippen molar-refractivity contribution in [3.63, 3.8) is 0 Å². The van der Waals surface area contributed by atoms with Gasteiger partial charge in [0.2, 0.25) is 0 Å². The van der Waals surface area contributed by atoms with E-state index in [9.17, 15) is 19.2 Å². The Balaban J connectivity index is 2.11. The van der Waals surface area contributed by atoms with Crippen LogP contribution >= 0.6 is 11.8 Å². The topological polar surface area (TPSA) is 108 Å². The van der Waals surface area contributed by atoms with Crippen LogP contribution < -0.4 is 0 Å². The van der Waals surface area contributed by atoms with Crippen molar-refractivity contribution in [1.82, 2.24) is 14.5 Å². The third-order valence-electron chi connectivity index (χ3n) is 2.86. The number of thioether (sulfide) groups is 1. The first-order chi connectivity index (χ1) is 10.9. The Hall–Kier alpha value is -2.62.